The lowest BCUT2D eigenvalue weighted by Gasteiger charge is -2.01. The number of rotatable bonds is 9. The van der Waals surface area contributed by atoms with Crippen LogP contribution >= 0.6 is 34.4 Å². The van der Waals surface area contributed by atoms with E-state index in [1.54, 1.807) is 0 Å². The number of aryl methyl sites for hydroxylation is 2. The van der Waals surface area contributed by atoms with Gasteiger partial charge >= 0.3 is 0 Å². The van der Waals surface area contributed by atoms with Gasteiger partial charge in [0, 0.05) is 15.8 Å². The molecule has 3 N–H and O–H groups in total. The summed E-state index contributed by atoms with van der Waals surface area (Å²) < 4.78 is 0.751. The minimum atomic E-state index is -0.384. The minimum absolute atomic E-state index is 0.140. The zero-order valence-corrected chi connectivity index (χ0v) is 18.7. The van der Waals surface area contributed by atoms with Crippen LogP contribution in [0.2, 0.25) is 0 Å². The maximum atomic E-state index is 12.3. The fourth-order valence-corrected chi connectivity index (χ4v) is 5.44. The van der Waals surface area contributed by atoms with E-state index >= 15 is 0 Å². The predicted octanol–water partition coefficient (Wildman–Crippen LogP) is 4.29. The van der Waals surface area contributed by atoms with Crippen molar-refractivity contribution >= 4 is 51.4 Å². The van der Waals surface area contributed by atoms with Crippen LogP contribution in [0, 0.1) is 6.92 Å². The third-order valence-electron chi connectivity index (χ3n) is 4.07. The maximum Gasteiger partial charge on any atom is 0.236 e. The van der Waals surface area contributed by atoms with Gasteiger partial charge in [0.1, 0.15) is 0 Å². The second-order valence-electron chi connectivity index (χ2n) is 6.45. The number of hydrogen-bond donors (Lipinski definition) is 2. The van der Waals surface area contributed by atoms with E-state index in [2.05, 4.69) is 46.5 Å². The van der Waals surface area contributed by atoms with Crippen molar-refractivity contribution in [3.05, 3.63) is 45.8 Å². The Morgan fingerprint density at radius 3 is 2.66 bits per heavy atom. The van der Waals surface area contributed by atoms with Crippen molar-refractivity contribution in [1.82, 2.24) is 9.97 Å². The average molecular weight is 447 g/mol. The molecular formula is C20H22N4O2S3. The van der Waals surface area contributed by atoms with E-state index in [1.165, 1.54) is 40.0 Å². The smallest absolute Gasteiger partial charge is 0.236 e. The van der Waals surface area contributed by atoms with E-state index in [0.29, 0.717) is 5.13 Å². The second kappa shape index (κ2) is 10.00. The van der Waals surface area contributed by atoms with Gasteiger partial charge in [-0.05, 0) is 18.9 Å². The lowest BCUT2D eigenvalue weighted by atomic mass is 10.1. The maximum absolute atomic E-state index is 12.3. The van der Waals surface area contributed by atoms with Crippen molar-refractivity contribution < 1.29 is 9.59 Å². The minimum Gasteiger partial charge on any atom is -0.369 e. The molecule has 6 nitrogen and oxygen atoms in total. The first-order valence-electron chi connectivity index (χ1n) is 9.16. The van der Waals surface area contributed by atoms with Gasteiger partial charge in [-0.1, -0.05) is 49.4 Å². The molecule has 2 amide bonds. The Kier molecular flexibility index (Phi) is 7.40. The summed E-state index contributed by atoms with van der Waals surface area (Å²) in [5.74, 6) is -0.298. The first kappa shape index (κ1) is 21.5. The SMILES string of the molecule is CCCc1ccc(-c2csc(NC(=O)CSc3nc(C)c(CC(N)=O)s3)n2)cc1. The lowest BCUT2D eigenvalue weighted by Crippen LogP contribution is -2.13. The largest absolute Gasteiger partial charge is 0.369 e. The van der Waals surface area contributed by atoms with Crippen LogP contribution in [-0.4, -0.2) is 27.5 Å². The van der Waals surface area contributed by atoms with E-state index < -0.39 is 0 Å². The highest BCUT2D eigenvalue weighted by molar-refractivity contribution is 8.01. The molecule has 0 saturated heterocycles. The first-order chi connectivity index (χ1) is 13.9. The molecule has 9 heteroatoms. The van der Waals surface area contributed by atoms with E-state index in [0.717, 1.165) is 39.0 Å². The monoisotopic (exact) mass is 446 g/mol. The molecule has 0 atom stereocenters. The number of carbonyl (C=O) groups excluding carboxylic acids is 2. The van der Waals surface area contributed by atoms with Crippen molar-refractivity contribution in [3.8, 4) is 11.3 Å². The van der Waals surface area contributed by atoms with Crippen molar-refractivity contribution in [3.63, 3.8) is 0 Å². The molecule has 2 heterocycles. The number of nitrogens with one attached hydrogen (secondary N) is 1. The van der Waals surface area contributed by atoms with Gasteiger partial charge in [-0.3, -0.25) is 9.59 Å². The van der Waals surface area contributed by atoms with Crippen molar-refractivity contribution in [2.24, 2.45) is 5.73 Å². The van der Waals surface area contributed by atoms with Crippen molar-refractivity contribution in [1.29, 1.82) is 0 Å². The van der Waals surface area contributed by atoms with Gasteiger partial charge in [0.05, 0.1) is 23.6 Å². The zero-order valence-electron chi connectivity index (χ0n) is 16.2. The van der Waals surface area contributed by atoms with Crippen LogP contribution in [0.3, 0.4) is 0 Å². The number of aromatic nitrogens is 2. The quantitative estimate of drug-likeness (QED) is 0.478. The van der Waals surface area contributed by atoms with Gasteiger partial charge < -0.3 is 11.1 Å². The summed E-state index contributed by atoms with van der Waals surface area (Å²) in [4.78, 5) is 33.1. The average Bonchev–Trinajstić information content (AvgIpc) is 3.27. The molecule has 3 rings (SSSR count). The highest BCUT2D eigenvalue weighted by Crippen LogP contribution is 2.28. The Morgan fingerprint density at radius 2 is 1.97 bits per heavy atom. The number of benzene rings is 1. The van der Waals surface area contributed by atoms with Crippen LogP contribution in [0.1, 0.15) is 29.5 Å². The van der Waals surface area contributed by atoms with E-state index in [-0.39, 0.29) is 24.0 Å². The Bertz CT molecular complexity index is 996. The van der Waals surface area contributed by atoms with Crippen LogP contribution in [0.15, 0.2) is 34.0 Å². The highest BCUT2D eigenvalue weighted by atomic mass is 32.2. The number of thiazole rings is 2. The fourth-order valence-electron chi connectivity index (χ4n) is 2.66. The molecule has 29 heavy (non-hydrogen) atoms. The molecule has 2 aromatic heterocycles. The molecular weight excluding hydrogens is 424 g/mol. The van der Waals surface area contributed by atoms with Crippen molar-refractivity contribution in [2.75, 3.05) is 11.1 Å². The molecule has 0 unspecified atom stereocenters. The van der Waals surface area contributed by atoms with Crippen LogP contribution in [0.25, 0.3) is 11.3 Å². The molecule has 152 valence electrons. The van der Waals surface area contributed by atoms with Crippen LogP contribution in [-0.2, 0) is 22.4 Å². The topological polar surface area (TPSA) is 98.0 Å². The standard InChI is InChI=1S/C20H22N4O2S3/c1-3-4-13-5-7-14(8-6-13)15-10-27-19(23-15)24-18(26)11-28-20-22-12(2)16(29-20)9-17(21)25/h5-8,10H,3-4,9,11H2,1-2H3,(H2,21,25)(H,23,24,26). The molecule has 0 radical (unpaired) electrons. The molecule has 3 aromatic rings. The Balaban J connectivity index is 1.54. The first-order valence-corrected chi connectivity index (χ1v) is 11.8. The van der Waals surface area contributed by atoms with Gasteiger partial charge in [-0.15, -0.1) is 22.7 Å². The summed E-state index contributed by atoms with van der Waals surface area (Å²) >= 11 is 4.14. The number of amides is 2. The number of hydrogen-bond acceptors (Lipinski definition) is 7. The van der Waals surface area contributed by atoms with Crippen LogP contribution in [0.4, 0.5) is 5.13 Å². The Hall–Kier alpha value is -2.23. The second-order valence-corrected chi connectivity index (χ2v) is 9.62. The zero-order chi connectivity index (χ0) is 20.8. The van der Waals surface area contributed by atoms with Crippen LogP contribution in [0.5, 0.6) is 0 Å². The fraction of sp³-hybridized carbons (Fsp3) is 0.300. The summed E-state index contributed by atoms with van der Waals surface area (Å²) in [5.41, 5.74) is 9.23. The van der Waals surface area contributed by atoms with E-state index in [1.807, 2.05) is 12.3 Å². The van der Waals surface area contributed by atoms with Gasteiger partial charge in [0.15, 0.2) is 9.47 Å². The molecule has 0 fully saturated rings. The predicted molar refractivity (Wildman–Crippen MR) is 121 cm³/mol. The Labute approximate surface area is 182 Å². The number of primary amides is 1. The molecule has 0 aliphatic rings. The molecule has 0 aliphatic heterocycles. The summed E-state index contributed by atoms with van der Waals surface area (Å²) in [6.07, 6.45) is 2.37. The van der Waals surface area contributed by atoms with Gasteiger partial charge in [0.25, 0.3) is 0 Å². The summed E-state index contributed by atoms with van der Waals surface area (Å²) in [5, 5.41) is 5.36. The summed E-state index contributed by atoms with van der Waals surface area (Å²) in [6, 6.07) is 8.37. The van der Waals surface area contributed by atoms with Gasteiger partial charge in [-0.2, -0.15) is 0 Å². The molecule has 0 spiro atoms. The molecule has 0 saturated carbocycles. The third-order valence-corrected chi connectivity index (χ3v) is 7.13. The van der Waals surface area contributed by atoms with E-state index in [4.69, 9.17) is 5.73 Å². The number of carbonyl (C=O) groups is 2. The summed E-state index contributed by atoms with van der Waals surface area (Å²) in [7, 11) is 0. The third kappa shape index (κ3) is 6.12. The van der Waals surface area contributed by atoms with Crippen molar-refractivity contribution in [2.45, 2.75) is 37.4 Å². The lowest BCUT2D eigenvalue weighted by molar-refractivity contribution is -0.117. The number of nitrogens with two attached hydrogens (primary N) is 1. The van der Waals surface area contributed by atoms with Gasteiger partial charge in [0.2, 0.25) is 11.8 Å². The summed E-state index contributed by atoms with van der Waals surface area (Å²) in [6.45, 7) is 4.00. The van der Waals surface area contributed by atoms with Gasteiger partial charge in [-0.25, -0.2) is 9.97 Å². The highest BCUT2D eigenvalue weighted by Gasteiger charge is 2.13. The Morgan fingerprint density at radius 1 is 1.21 bits per heavy atom. The molecule has 0 aliphatic carbocycles. The number of nitrogens with zero attached hydrogens (tertiary/aromatic N) is 2. The normalized spacial score (nSPS) is 10.8. The number of anilines is 1. The molecule has 0 bridgehead atoms. The van der Waals surface area contributed by atoms with Crippen LogP contribution < -0.4 is 11.1 Å². The number of thioether (sulfide) groups is 1. The molecule has 1 aromatic carbocycles. The van der Waals surface area contributed by atoms with E-state index in [9.17, 15) is 9.59 Å².